The molecular weight excluding hydrogens is 331 g/mol. The zero-order chi connectivity index (χ0) is 18.4. The molecule has 138 valence electrons. The second-order valence-corrected chi connectivity index (χ2v) is 6.72. The van der Waals surface area contributed by atoms with Crippen molar-refractivity contribution >= 4 is 5.71 Å². The predicted octanol–water partition coefficient (Wildman–Crippen LogP) is 3.59. The molecule has 4 nitrogen and oxygen atoms in total. The summed E-state index contributed by atoms with van der Waals surface area (Å²) in [6.07, 6.45) is 0.990. The number of hydrogen-bond donors (Lipinski definition) is 1. The Morgan fingerprint density at radius 2 is 1.92 bits per heavy atom. The average Bonchev–Trinajstić information content (AvgIpc) is 3.12. The molecule has 0 aromatic heterocycles. The molecule has 3 rings (SSSR count). The summed E-state index contributed by atoms with van der Waals surface area (Å²) in [5.41, 5.74) is 3.04. The Balaban J connectivity index is 1.61. The van der Waals surface area contributed by atoms with Gasteiger partial charge in [0.1, 0.15) is 11.9 Å². The summed E-state index contributed by atoms with van der Waals surface area (Å²) >= 11 is 0. The quantitative estimate of drug-likeness (QED) is 0.786. The molecular formula is C21H25FN2O2. The first-order valence-corrected chi connectivity index (χ1v) is 9.07. The minimum absolute atomic E-state index is 0.0466. The van der Waals surface area contributed by atoms with Gasteiger partial charge in [-0.25, -0.2) is 4.39 Å². The van der Waals surface area contributed by atoms with Crippen molar-refractivity contribution in [3.8, 4) is 0 Å². The zero-order valence-electron chi connectivity index (χ0n) is 15.0. The van der Waals surface area contributed by atoms with Crippen LogP contribution in [0.15, 0.2) is 59.8 Å². The Labute approximate surface area is 153 Å². The lowest BCUT2D eigenvalue weighted by atomic mass is 10.0. The largest absolute Gasteiger partial charge is 0.392 e. The van der Waals surface area contributed by atoms with Crippen LogP contribution < -0.4 is 0 Å². The van der Waals surface area contributed by atoms with Crippen LogP contribution in [0.1, 0.15) is 30.9 Å². The topological polar surface area (TPSA) is 45.1 Å². The van der Waals surface area contributed by atoms with Crippen molar-refractivity contribution in [1.82, 2.24) is 4.90 Å². The number of benzene rings is 2. The van der Waals surface area contributed by atoms with Crippen LogP contribution in [0, 0.1) is 5.82 Å². The van der Waals surface area contributed by atoms with Gasteiger partial charge >= 0.3 is 0 Å². The highest BCUT2D eigenvalue weighted by atomic mass is 19.1. The third-order valence-corrected chi connectivity index (χ3v) is 4.56. The lowest BCUT2D eigenvalue weighted by Gasteiger charge is -2.26. The van der Waals surface area contributed by atoms with Crippen molar-refractivity contribution in [2.24, 2.45) is 5.16 Å². The molecule has 0 saturated carbocycles. The summed E-state index contributed by atoms with van der Waals surface area (Å²) in [4.78, 5) is 7.78. The van der Waals surface area contributed by atoms with Gasteiger partial charge in [-0.3, -0.25) is 4.90 Å². The van der Waals surface area contributed by atoms with Crippen molar-refractivity contribution in [1.29, 1.82) is 0 Å². The molecule has 0 unspecified atom stereocenters. The van der Waals surface area contributed by atoms with Crippen LogP contribution in [0.4, 0.5) is 4.39 Å². The van der Waals surface area contributed by atoms with Gasteiger partial charge in [-0.1, -0.05) is 54.5 Å². The van der Waals surface area contributed by atoms with Gasteiger partial charge in [-0.15, -0.1) is 0 Å². The maximum Gasteiger partial charge on any atom is 0.145 e. The normalized spacial score (nSPS) is 17.8. The second kappa shape index (κ2) is 8.92. The molecule has 1 aliphatic rings. The van der Waals surface area contributed by atoms with Crippen molar-refractivity contribution in [2.75, 3.05) is 13.1 Å². The van der Waals surface area contributed by atoms with Crippen molar-refractivity contribution in [2.45, 2.75) is 38.5 Å². The van der Waals surface area contributed by atoms with E-state index in [1.807, 2.05) is 37.3 Å². The van der Waals surface area contributed by atoms with Crippen molar-refractivity contribution in [3.63, 3.8) is 0 Å². The van der Waals surface area contributed by atoms with Gasteiger partial charge in [0.15, 0.2) is 0 Å². The van der Waals surface area contributed by atoms with Crippen LogP contribution in [0.3, 0.4) is 0 Å². The van der Waals surface area contributed by atoms with Crippen LogP contribution in [0.25, 0.3) is 0 Å². The van der Waals surface area contributed by atoms with E-state index in [0.717, 1.165) is 23.3 Å². The minimum atomic E-state index is -0.397. The van der Waals surface area contributed by atoms with E-state index in [9.17, 15) is 9.50 Å². The number of hydrogen-bond acceptors (Lipinski definition) is 4. The van der Waals surface area contributed by atoms with Gasteiger partial charge in [0.2, 0.25) is 0 Å². The van der Waals surface area contributed by atoms with Crippen LogP contribution in [0.2, 0.25) is 0 Å². The highest BCUT2D eigenvalue weighted by molar-refractivity contribution is 6.01. The first-order valence-electron chi connectivity index (χ1n) is 9.07. The third kappa shape index (κ3) is 5.13. The van der Waals surface area contributed by atoms with Gasteiger partial charge in [0, 0.05) is 26.1 Å². The zero-order valence-corrected chi connectivity index (χ0v) is 15.0. The van der Waals surface area contributed by atoms with E-state index >= 15 is 0 Å². The molecule has 0 amide bonds. The molecule has 0 aliphatic carbocycles. The van der Waals surface area contributed by atoms with Crippen LogP contribution in [-0.2, 0) is 11.4 Å². The molecule has 0 bridgehead atoms. The van der Waals surface area contributed by atoms with Gasteiger partial charge < -0.3 is 9.94 Å². The Morgan fingerprint density at radius 1 is 1.19 bits per heavy atom. The second-order valence-electron chi connectivity index (χ2n) is 6.72. The van der Waals surface area contributed by atoms with Crippen LogP contribution in [0.5, 0.6) is 0 Å². The van der Waals surface area contributed by atoms with E-state index in [0.29, 0.717) is 26.1 Å². The molecule has 2 atom stereocenters. The van der Waals surface area contributed by atoms with E-state index in [2.05, 4.69) is 10.1 Å². The fraction of sp³-hybridized carbons (Fsp3) is 0.381. The lowest BCUT2D eigenvalue weighted by Crippen LogP contribution is -2.37. The number of rotatable bonds is 8. The highest BCUT2D eigenvalue weighted by Gasteiger charge is 2.25. The molecule has 2 aromatic carbocycles. The maximum absolute atomic E-state index is 13.1. The predicted molar refractivity (Wildman–Crippen MR) is 100 cm³/mol. The standard InChI is InChI=1S/C21H25FN2O2/c1-2-19(25)14-24(13-16-8-10-18(22)11-9-16)15-20-12-21(23-26-20)17-6-4-3-5-7-17/h3-11,19-20,25H,2,12-15H2,1H3/t19-,20-/m1/s1. The molecule has 0 radical (unpaired) electrons. The molecule has 26 heavy (non-hydrogen) atoms. The third-order valence-electron chi connectivity index (χ3n) is 4.56. The molecule has 1 heterocycles. The summed E-state index contributed by atoms with van der Waals surface area (Å²) in [6, 6.07) is 16.5. The SMILES string of the molecule is CC[C@@H](O)CN(Cc1ccc(F)cc1)C[C@H]1CC(c2ccccc2)=NO1. The molecule has 0 saturated heterocycles. The first kappa shape index (κ1) is 18.5. The van der Waals surface area contributed by atoms with E-state index in [-0.39, 0.29) is 11.9 Å². The Bertz CT molecular complexity index is 719. The molecule has 1 N–H and O–H groups in total. The molecule has 2 aromatic rings. The number of aliphatic hydroxyl groups is 1. The van der Waals surface area contributed by atoms with Crippen LogP contribution in [-0.4, -0.2) is 41.0 Å². The number of aliphatic hydroxyl groups excluding tert-OH is 1. The molecule has 0 spiro atoms. The number of nitrogens with zero attached hydrogens (tertiary/aromatic N) is 2. The average molecular weight is 356 g/mol. The van der Waals surface area contributed by atoms with E-state index < -0.39 is 6.10 Å². The molecule has 0 fully saturated rings. The van der Waals surface area contributed by atoms with Crippen LogP contribution >= 0.6 is 0 Å². The van der Waals surface area contributed by atoms with Crippen molar-refractivity contribution < 1.29 is 14.3 Å². The number of oxime groups is 1. The smallest absolute Gasteiger partial charge is 0.145 e. The Hall–Kier alpha value is -2.24. The molecule has 5 heteroatoms. The summed E-state index contributed by atoms with van der Waals surface area (Å²) in [7, 11) is 0. The summed E-state index contributed by atoms with van der Waals surface area (Å²) < 4.78 is 13.1. The lowest BCUT2D eigenvalue weighted by molar-refractivity contribution is 0.0315. The van der Waals surface area contributed by atoms with Gasteiger partial charge in [-0.2, -0.15) is 0 Å². The van der Waals surface area contributed by atoms with Gasteiger partial charge in [0.25, 0.3) is 0 Å². The van der Waals surface area contributed by atoms with E-state index in [1.54, 1.807) is 12.1 Å². The van der Waals surface area contributed by atoms with E-state index in [1.165, 1.54) is 12.1 Å². The minimum Gasteiger partial charge on any atom is -0.392 e. The Morgan fingerprint density at radius 3 is 2.62 bits per heavy atom. The van der Waals surface area contributed by atoms with Crippen molar-refractivity contribution in [3.05, 3.63) is 71.5 Å². The van der Waals surface area contributed by atoms with Gasteiger partial charge in [0.05, 0.1) is 11.8 Å². The number of halogens is 1. The summed E-state index contributed by atoms with van der Waals surface area (Å²) in [5, 5.41) is 14.3. The fourth-order valence-electron chi connectivity index (χ4n) is 3.09. The maximum atomic E-state index is 13.1. The fourth-order valence-corrected chi connectivity index (χ4v) is 3.09. The highest BCUT2D eigenvalue weighted by Crippen LogP contribution is 2.19. The monoisotopic (exact) mass is 356 g/mol. The first-order chi connectivity index (χ1) is 12.6. The Kier molecular flexibility index (Phi) is 6.36. The molecule has 1 aliphatic heterocycles. The summed E-state index contributed by atoms with van der Waals surface area (Å²) in [6.45, 7) is 3.81. The van der Waals surface area contributed by atoms with Gasteiger partial charge in [-0.05, 0) is 29.7 Å². The summed E-state index contributed by atoms with van der Waals surface area (Å²) in [5.74, 6) is -0.242. The van der Waals surface area contributed by atoms with E-state index in [4.69, 9.17) is 4.84 Å².